The van der Waals surface area contributed by atoms with Crippen molar-refractivity contribution in [3.05, 3.63) is 76.0 Å². The Bertz CT molecular complexity index is 1170. The van der Waals surface area contributed by atoms with Gasteiger partial charge in [-0.05, 0) is 54.5 Å². The highest BCUT2D eigenvalue weighted by atomic mass is 32.1. The Morgan fingerprint density at radius 2 is 1.85 bits per heavy atom. The second-order valence-corrected chi connectivity index (χ2v) is 9.84. The molecule has 0 unspecified atom stereocenters. The highest BCUT2D eigenvalue weighted by Gasteiger charge is 2.35. The molecule has 1 N–H and O–H groups in total. The molecule has 0 saturated heterocycles. The standard InChI is InChI=1S/C27H28N2O4S/c1-18-7-2-5-11-22(18)26(27(31)28-19-8-3-4-9-19)29(25(30)16-21-10-6-14-34-21)20-12-13-23-24(15-20)33-17-32-23/h2,5-7,10-15,19,26H,3-4,8-9,16-17H2,1H3,(H,28,31)/t26-/m1/s1. The summed E-state index contributed by atoms with van der Waals surface area (Å²) in [5.41, 5.74) is 2.39. The molecule has 1 aliphatic carbocycles. The van der Waals surface area contributed by atoms with Gasteiger partial charge in [0.2, 0.25) is 18.6 Å². The van der Waals surface area contributed by atoms with E-state index in [1.165, 1.54) is 11.3 Å². The van der Waals surface area contributed by atoms with Crippen LogP contribution in [0.2, 0.25) is 0 Å². The molecular weight excluding hydrogens is 448 g/mol. The van der Waals surface area contributed by atoms with Gasteiger partial charge in [-0.25, -0.2) is 0 Å². The van der Waals surface area contributed by atoms with E-state index in [9.17, 15) is 9.59 Å². The molecule has 2 heterocycles. The van der Waals surface area contributed by atoms with Gasteiger partial charge in [-0.2, -0.15) is 0 Å². The molecule has 1 saturated carbocycles. The van der Waals surface area contributed by atoms with Gasteiger partial charge in [-0.3, -0.25) is 14.5 Å². The monoisotopic (exact) mass is 476 g/mol. The number of ether oxygens (including phenoxy) is 2. The topological polar surface area (TPSA) is 67.9 Å². The average molecular weight is 477 g/mol. The second kappa shape index (κ2) is 9.89. The van der Waals surface area contributed by atoms with Crippen LogP contribution >= 0.6 is 11.3 Å². The van der Waals surface area contributed by atoms with Crippen LogP contribution in [0.15, 0.2) is 60.0 Å². The van der Waals surface area contributed by atoms with E-state index < -0.39 is 6.04 Å². The van der Waals surface area contributed by atoms with Crippen molar-refractivity contribution in [2.75, 3.05) is 11.7 Å². The molecule has 1 aliphatic heterocycles. The Morgan fingerprint density at radius 1 is 1.06 bits per heavy atom. The highest BCUT2D eigenvalue weighted by Crippen LogP contribution is 2.39. The molecule has 2 amide bonds. The number of amides is 2. The number of benzene rings is 2. The minimum Gasteiger partial charge on any atom is -0.454 e. The Morgan fingerprint density at radius 3 is 2.62 bits per heavy atom. The summed E-state index contributed by atoms with van der Waals surface area (Å²) in [5.74, 6) is 0.915. The molecule has 176 valence electrons. The number of hydrogen-bond acceptors (Lipinski definition) is 5. The van der Waals surface area contributed by atoms with Crippen LogP contribution in [-0.2, 0) is 16.0 Å². The zero-order chi connectivity index (χ0) is 23.5. The van der Waals surface area contributed by atoms with E-state index in [0.717, 1.165) is 41.7 Å². The van der Waals surface area contributed by atoms with Gasteiger partial charge in [-0.1, -0.05) is 43.2 Å². The smallest absolute Gasteiger partial charge is 0.248 e. The maximum atomic E-state index is 13.9. The number of aryl methyl sites for hydroxylation is 1. The maximum Gasteiger partial charge on any atom is 0.248 e. The summed E-state index contributed by atoms with van der Waals surface area (Å²) < 4.78 is 11.1. The largest absolute Gasteiger partial charge is 0.454 e. The first-order valence-corrected chi connectivity index (χ1v) is 12.6. The van der Waals surface area contributed by atoms with Gasteiger partial charge >= 0.3 is 0 Å². The Kier molecular flexibility index (Phi) is 6.54. The third kappa shape index (κ3) is 4.66. The van der Waals surface area contributed by atoms with E-state index in [1.807, 2.05) is 54.8 Å². The van der Waals surface area contributed by atoms with Crippen LogP contribution in [0.3, 0.4) is 0 Å². The predicted octanol–water partition coefficient (Wildman–Crippen LogP) is 5.16. The van der Waals surface area contributed by atoms with E-state index in [1.54, 1.807) is 17.0 Å². The molecular formula is C27H28N2O4S. The fraction of sp³-hybridized carbons (Fsp3) is 0.333. The minimum atomic E-state index is -0.797. The molecule has 0 spiro atoms. The summed E-state index contributed by atoms with van der Waals surface area (Å²) >= 11 is 1.54. The molecule has 0 bridgehead atoms. The van der Waals surface area contributed by atoms with Crippen LogP contribution in [0.1, 0.15) is 47.7 Å². The van der Waals surface area contributed by atoms with E-state index in [2.05, 4.69) is 5.32 Å². The molecule has 3 aromatic rings. The molecule has 1 atom stereocenters. The van der Waals surface area contributed by atoms with E-state index >= 15 is 0 Å². The van der Waals surface area contributed by atoms with Gasteiger partial charge in [0.05, 0.1) is 6.42 Å². The van der Waals surface area contributed by atoms with Crippen molar-refractivity contribution < 1.29 is 19.1 Å². The summed E-state index contributed by atoms with van der Waals surface area (Å²) in [6.07, 6.45) is 4.39. The first kappa shape index (κ1) is 22.5. The van der Waals surface area contributed by atoms with Gasteiger partial charge in [0, 0.05) is 22.7 Å². The van der Waals surface area contributed by atoms with Crippen LogP contribution in [0.5, 0.6) is 11.5 Å². The van der Waals surface area contributed by atoms with Gasteiger partial charge in [-0.15, -0.1) is 11.3 Å². The second-order valence-electron chi connectivity index (χ2n) is 8.81. The molecule has 5 rings (SSSR count). The summed E-state index contributed by atoms with van der Waals surface area (Å²) in [4.78, 5) is 30.3. The van der Waals surface area contributed by atoms with Gasteiger partial charge in [0.25, 0.3) is 0 Å². The van der Waals surface area contributed by atoms with Crippen LogP contribution in [0.25, 0.3) is 0 Å². The zero-order valence-corrected chi connectivity index (χ0v) is 20.0. The lowest BCUT2D eigenvalue weighted by atomic mass is 9.97. The number of carbonyl (C=O) groups is 2. The quantitative estimate of drug-likeness (QED) is 0.511. The van der Waals surface area contributed by atoms with Crippen LogP contribution in [0, 0.1) is 6.92 Å². The number of fused-ring (bicyclic) bond motifs is 1. The number of carbonyl (C=O) groups excluding carboxylic acids is 2. The van der Waals surface area contributed by atoms with E-state index in [4.69, 9.17) is 9.47 Å². The third-order valence-electron chi connectivity index (χ3n) is 6.50. The summed E-state index contributed by atoms with van der Waals surface area (Å²) in [7, 11) is 0. The normalized spacial score (nSPS) is 15.8. The molecule has 2 aliphatic rings. The molecule has 0 radical (unpaired) electrons. The van der Waals surface area contributed by atoms with Crippen LogP contribution < -0.4 is 19.7 Å². The molecule has 34 heavy (non-hydrogen) atoms. The lowest BCUT2D eigenvalue weighted by Gasteiger charge is -2.33. The number of rotatable bonds is 7. The molecule has 1 aromatic heterocycles. The van der Waals surface area contributed by atoms with Crippen molar-refractivity contribution >= 4 is 28.8 Å². The summed E-state index contributed by atoms with van der Waals surface area (Å²) in [5, 5.41) is 5.19. The van der Waals surface area contributed by atoms with Crippen LogP contribution in [0.4, 0.5) is 5.69 Å². The van der Waals surface area contributed by atoms with Crippen molar-refractivity contribution in [3.8, 4) is 11.5 Å². The Hall–Kier alpha value is -3.32. The number of nitrogens with zero attached hydrogens (tertiary/aromatic N) is 1. The first-order chi connectivity index (χ1) is 16.6. The van der Waals surface area contributed by atoms with Gasteiger partial charge in [0.1, 0.15) is 6.04 Å². The van der Waals surface area contributed by atoms with Gasteiger partial charge in [0.15, 0.2) is 11.5 Å². The predicted molar refractivity (Wildman–Crippen MR) is 132 cm³/mol. The summed E-state index contributed by atoms with van der Waals surface area (Å²) in [6, 6.07) is 16.4. The zero-order valence-electron chi connectivity index (χ0n) is 19.2. The van der Waals surface area contributed by atoms with E-state index in [0.29, 0.717) is 17.2 Å². The molecule has 1 fully saturated rings. The van der Waals surface area contributed by atoms with Crippen molar-refractivity contribution in [1.82, 2.24) is 5.32 Å². The highest BCUT2D eigenvalue weighted by molar-refractivity contribution is 7.10. The minimum absolute atomic E-state index is 0.142. The maximum absolute atomic E-state index is 13.9. The molecule has 6 nitrogen and oxygen atoms in total. The fourth-order valence-corrected chi connectivity index (χ4v) is 5.46. The first-order valence-electron chi connectivity index (χ1n) is 11.7. The lowest BCUT2D eigenvalue weighted by Crippen LogP contribution is -2.47. The lowest BCUT2D eigenvalue weighted by molar-refractivity contribution is -0.127. The van der Waals surface area contributed by atoms with Crippen molar-refractivity contribution in [2.24, 2.45) is 0 Å². The SMILES string of the molecule is Cc1ccccc1[C@H](C(=O)NC1CCCC1)N(C(=O)Cc1cccs1)c1ccc2c(c1)OCO2. The Balaban J connectivity index is 1.58. The van der Waals surface area contributed by atoms with Crippen molar-refractivity contribution in [2.45, 2.75) is 51.1 Å². The average Bonchev–Trinajstić information content (AvgIpc) is 3.60. The number of hydrogen-bond donors (Lipinski definition) is 1. The number of anilines is 1. The third-order valence-corrected chi connectivity index (χ3v) is 7.38. The van der Waals surface area contributed by atoms with Crippen LogP contribution in [-0.4, -0.2) is 24.6 Å². The molecule has 2 aromatic carbocycles. The Labute approximate surface area is 203 Å². The number of nitrogens with one attached hydrogen (secondary N) is 1. The van der Waals surface area contributed by atoms with Crippen molar-refractivity contribution in [1.29, 1.82) is 0 Å². The van der Waals surface area contributed by atoms with Crippen molar-refractivity contribution in [3.63, 3.8) is 0 Å². The number of thiophene rings is 1. The van der Waals surface area contributed by atoms with E-state index in [-0.39, 0.29) is 31.1 Å². The molecule has 7 heteroatoms. The summed E-state index contributed by atoms with van der Waals surface area (Å²) in [6.45, 7) is 2.12. The fourth-order valence-electron chi connectivity index (χ4n) is 4.76. The van der Waals surface area contributed by atoms with Gasteiger partial charge < -0.3 is 14.8 Å².